The average Bonchev–Trinajstić information content (AvgIpc) is 2.41. The van der Waals surface area contributed by atoms with Crippen molar-refractivity contribution in [1.29, 1.82) is 0 Å². The number of hydrogen-bond acceptors (Lipinski definition) is 2. The first kappa shape index (κ1) is 15.5. The van der Waals surface area contributed by atoms with Gasteiger partial charge < -0.3 is 10.1 Å². The molecule has 0 aromatic heterocycles. The Balaban J connectivity index is 2.00. The molecule has 1 fully saturated rings. The van der Waals surface area contributed by atoms with E-state index >= 15 is 0 Å². The third-order valence-electron chi connectivity index (χ3n) is 4.67. The fourth-order valence-corrected chi connectivity index (χ4v) is 3.55. The minimum absolute atomic E-state index is 0.362. The van der Waals surface area contributed by atoms with Crippen molar-refractivity contribution in [3.05, 3.63) is 35.4 Å². The summed E-state index contributed by atoms with van der Waals surface area (Å²) in [5, 5.41) is 3.58. The molecule has 2 rings (SSSR count). The summed E-state index contributed by atoms with van der Waals surface area (Å²) in [5.41, 5.74) is 3.22. The molecule has 0 atom stereocenters. The summed E-state index contributed by atoms with van der Waals surface area (Å²) in [6.45, 7) is 7.28. The first-order valence-electron chi connectivity index (χ1n) is 7.97. The normalized spacial score (nSPS) is 25.4. The van der Waals surface area contributed by atoms with E-state index in [1.807, 2.05) is 0 Å². The molecule has 1 aliphatic rings. The molecule has 0 spiro atoms. The lowest BCUT2D eigenvalue weighted by molar-refractivity contribution is 0.123. The second kappa shape index (κ2) is 7.24. The fourth-order valence-electron chi connectivity index (χ4n) is 3.55. The van der Waals surface area contributed by atoms with Crippen molar-refractivity contribution >= 4 is 0 Å². The molecule has 1 aromatic carbocycles. The zero-order valence-electron chi connectivity index (χ0n) is 13.2. The summed E-state index contributed by atoms with van der Waals surface area (Å²) in [4.78, 5) is 0. The molecule has 0 amide bonds. The summed E-state index contributed by atoms with van der Waals surface area (Å²) < 4.78 is 5.13. The van der Waals surface area contributed by atoms with E-state index in [1.165, 1.54) is 36.8 Å². The van der Waals surface area contributed by atoms with Crippen molar-refractivity contribution in [3.63, 3.8) is 0 Å². The van der Waals surface area contributed by atoms with Crippen LogP contribution in [0.5, 0.6) is 0 Å². The maximum absolute atomic E-state index is 5.13. The smallest absolute Gasteiger partial charge is 0.0587 e. The molecule has 1 aliphatic carbocycles. The van der Waals surface area contributed by atoms with E-state index < -0.39 is 0 Å². The van der Waals surface area contributed by atoms with Gasteiger partial charge in [0.15, 0.2) is 0 Å². The van der Waals surface area contributed by atoms with Crippen LogP contribution in [-0.2, 0) is 10.2 Å². The van der Waals surface area contributed by atoms with Crippen molar-refractivity contribution in [2.24, 2.45) is 5.92 Å². The van der Waals surface area contributed by atoms with Crippen molar-refractivity contribution in [2.45, 2.75) is 44.9 Å². The molecule has 1 N–H and O–H groups in total. The zero-order chi connectivity index (χ0) is 14.4. The highest BCUT2D eigenvalue weighted by Gasteiger charge is 2.44. The molecule has 2 nitrogen and oxygen atoms in total. The maximum atomic E-state index is 5.13. The third-order valence-corrected chi connectivity index (χ3v) is 4.67. The molecule has 112 valence electrons. The van der Waals surface area contributed by atoms with Gasteiger partial charge in [-0.15, -0.1) is 0 Å². The molecule has 1 saturated carbocycles. The first-order valence-corrected chi connectivity index (χ1v) is 7.97. The van der Waals surface area contributed by atoms with Crippen LogP contribution >= 0.6 is 0 Å². The molecule has 0 bridgehead atoms. The number of hydrogen-bond donors (Lipinski definition) is 1. The Bertz CT molecular complexity index is 392. The number of methoxy groups -OCH3 is 1. The molecule has 0 saturated heterocycles. The number of rotatable bonds is 8. The average molecular weight is 275 g/mol. The van der Waals surface area contributed by atoms with Gasteiger partial charge in [0.2, 0.25) is 0 Å². The van der Waals surface area contributed by atoms with Crippen LogP contribution in [0.2, 0.25) is 0 Å². The predicted octanol–water partition coefficient (Wildman–Crippen LogP) is 3.68. The second-order valence-corrected chi connectivity index (χ2v) is 6.38. The van der Waals surface area contributed by atoms with Crippen LogP contribution in [0.4, 0.5) is 0 Å². The molecular formula is C18H29NO. The Hall–Kier alpha value is -0.860. The second-order valence-electron chi connectivity index (χ2n) is 6.38. The molecule has 2 heteroatoms. The quantitative estimate of drug-likeness (QED) is 0.731. The van der Waals surface area contributed by atoms with E-state index in [0.29, 0.717) is 5.41 Å². The van der Waals surface area contributed by atoms with E-state index in [1.54, 1.807) is 7.11 Å². The molecule has 1 aromatic rings. The number of ether oxygens (including phenoxy) is 1. The molecular weight excluding hydrogens is 246 g/mol. The van der Waals surface area contributed by atoms with Crippen LogP contribution in [0.25, 0.3) is 0 Å². The van der Waals surface area contributed by atoms with Gasteiger partial charge in [0.05, 0.1) is 6.61 Å². The van der Waals surface area contributed by atoms with Crippen LogP contribution < -0.4 is 5.32 Å². The van der Waals surface area contributed by atoms with Crippen molar-refractivity contribution in [3.8, 4) is 0 Å². The molecule has 0 radical (unpaired) electrons. The van der Waals surface area contributed by atoms with Gasteiger partial charge in [-0.2, -0.15) is 0 Å². The Kier molecular flexibility index (Phi) is 5.62. The van der Waals surface area contributed by atoms with Crippen molar-refractivity contribution < 1.29 is 4.74 Å². The summed E-state index contributed by atoms with van der Waals surface area (Å²) in [6.07, 6.45) is 5.37. The highest BCUT2D eigenvalue weighted by Crippen LogP contribution is 2.49. The van der Waals surface area contributed by atoms with E-state index in [9.17, 15) is 0 Å². The zero-order valence-corrected chi connectivity index (χ0v) is 13.2. The van der Waals surface area contributed by atoms with E-state index in [0.717, 1.165) is 25.6 Å². The predicted molar refractivity (Wildman–Crippen MR) is 85.2 cm³/mol. The van der Waals surface area contributed by atoms with Gasteiger partial charge >= 0.3 is 0 Å². The largest absolute Gasteiger partial charge is 0.383 e. The molecule has 0 unspecified atom stereocenters. The minimum Gasteiger partial charge on any atom is -0.383 e. The lowest BCUT2D eigenvalue weighted by Gasteiger charge is -2.49. The Labute approximate surface area is 123 Å². The van der Waals surface area contributed by atoms with E-state index in [2.05, 4.69) is 43.4 Å². The molecule has 0 aliphatic heterocycles. The van der Waals surface area contributed by atoms with Crippen LogP contribution in [0.3, 0.4) is 0 Å². The van der Waals surface area contributed by atoms with Gasteiger partial charge in [-0.1, -0.05) is 49.6 Å². The summed E-state index contributed by atoms with van der Waals surface area (Å²) >= 11 is 0. The van der Waals surface area contributed by atoms with E-state index in [-0.39, 0.29) is 0 Å². The highest BCUT2D eigenvalue weighted by atomic mass is 16.5. The lowest BCUT2D eigenvalue weighted by atomic mass is 9.57. The Morgan fingerprint density at radius 3 is 2.55 bits per heavy atom. The van der Waals surface area contributed by atoms with Gasteiger partial charge in [0.25, 0.3) is 0 Å². The van der Waals surface area contributed by atoms with Crippen LogP contribution in [0, 0.1) is 12.8 Å². The molecule has 0 heterocycles. The van der Waals surface area contributed by atoms with Crippen LogP contribution in [-0.4, -0.2) is 26.8 Å². The topological polar surface area (TPSA) is 21.3 Å². The number of nitrogens with one attached hydrogen (secondary N) is 1. The van der Waals surface area contributed by atoms with Crippen molar-refractivity contribution in [1.82, 2.24) is 5.32 Å². The van der Waals surface area contributed by atoms with Gasteiger partial charge in [-0.3, -0.25) is 0 Å². The lowest BCUT2D eigenvalue weighted by Crippen LogP contribution is -2.49. The summed E-state index contributed by atoms with van der Waals surface area (Å²) in [7, 11) is 1.76. The van der Waals surface area contributed by atoms with Gasteiger partial charge in [0.1, 0.15) is 0 Å². The summed E-state index contributed by atoms with van der Waals surface area (Å²) in [5.74, 6) is 0.922. The molecule has 20 heavy (non-hydrogen) atoms. The van der Waals surface area contributed by atoms with Crippen molar-refractivity contribution in [2.75, 3.05) is 26.8 Å². The van der Waals surface area contributed by atoms with Gasteiger partial charge in [-0.25, -0.2) is 0 Å². The number of benzene rings is 1. The SMILES string of the molecule is CCCC1CC(CNCCOC)(c2ccc(C)cc2)C1. The monoisotopic (exact) mass is 275 g/mol. The van der Waals surface area contributed by atoms with Crippen LogP contribution in [0.15, 0.2) is 24.3 Å². The minimum atomic E-state index is 0.362. The Morgan fingerprint density at radius 1 is 1.25 bits per heavy atom. The van der Waals surface area contributed by atoms with E-state index in [4.69, 9.17) is 4.74 Å². The maximum Gasteiger partial charge on any atom is 0.0587 e. The number of aryl methyl sites for hydroxylation is 1. The summed E-state index contributed by atoms with van der Waals surface area (Å²) in [6, 6.07) is 9.16. The van der Waals surface area contributed by atoms with Gasteiger partial charge in [0, 0.05) is 25.6 Å². The third kappa shape index (κ3) is 3.62. The first-order chi connectivity index (χ1) is 9.70. The van der Waals surface area contributed by atoms with Crippen LogP contribution in [0.1, 0.15) is 43.7 Å². The van der Waals surface area contributed by atoms with Gasteiger partial charge in [-0.05, 0) is 31.2 Å². The fraction of sp³-hybridized carbons (Fsp3) is 0.667. The highest BCUT2D eigenvalue weighted by molar-refractivity contribution is 5.32. The standard InChI is InChI=1S/C18H29NO/c1-4-5-16-12-18(13-16,14-19-10-11-20-3)17-8-6-15(2)7-9-17/h6-9,16,19H,4-5,10-14H2,1-3H3. The Morgan fingerprint density at radius 2 is 1.95 bits per heavy atom.